The molecule has 0 spiro atoms. The lowest BCUT2D eigenvalue weighted by molar-refractivity contribution is -0.142. The zero-order valence-corrected chi connectivity index (χ0v) is 9.45. The van der Waals surface area contributed by atoms with Gasteiger partial charge in [0.25, 0.3) is 0 Å². The third-order valence-electron chi connectivity index (χ3n) is 1.59. The van der Waals surface area contributed by atoms with Gasteiger partial charge in [-0.2, -0.15) is 18.0 Å². The molecule has 0 aliphatic heterocycles. The van der Waals surface area contributed by atoms with Crippen molar-refractivity contribution in [3.05, 3.63) is 17.2 Å². The SMILES string of the molecule is CCOC(=O)C(=[N+]=[N-])C(=CC(=O)OC)C(F)(F)F. The number of ether oxygens (including phenoxy) is 2. The largest absolute Gasteiger partial charge is 0.466 e. The molecule has 0 aliphatic carbocycles. The smallest absolute Gasteiger partial charge is 0.424 e. The van der Waals surface area contributed by atoms with E-state index in [0.717, 1.165) is 7.11 Å². The van der Waals surface area contributed by atoms with Gasteiger partial charge in [-0.05, 0) is 6.92 Å². The first kappa shape index (κ1) is 15.9. The summed E-state index contributed by atoms with van der Waals surface area (Å²) in [7, 11) is 0.854. The molecule has 0 aliphatic rings. The van der Waals surface area contributed by atoms with Crippen LogP contribution in [0, 0.1) is 0 Å². The number of methoxy groups -OCH3 is 1. The van der Waals surface area contributed by atoms with Crippen LogP contribution >= 0.6 is 0 Å². The summed E-state index contributed by atoms with van der Waals surface area (Å²) in [4.78, 5) is 24.1. The molecule has 0 unspecified atom stereocenters. The summed E-state index contributed by atoms with van der Waals surface area (Å²) in [6, 6.07) is 0. The van der Waals surface area contributed by atoms with E-state index in [4.69, 9.17) is 5.53 Å². The van der Waals surface area contributed by atoms with Gasteiger partial charge >= 0.3 is 23.8 Å². The van der Waals surface area contributed by atoms with Gasteiger partial charge < -0.3 is 15.0 Å². The van der Waals surface area contributed by atoms with Gasteiger partial charge in [0.15, 0.2) is 5.57 Å². The van der Waals surface area contributed by atoms with E-state index in [1.165, 1.54) is 6.92 Å². The van der Waals surface area contributed by atoms with E-state index < -0.39 is 29.4 Å². The molecule has 0 aromatic carbocycles. The highest BCUT2D eigenvalue weighted by Crippen LogP contribution is 2.26. The Morgan fingerprint density at radius 3 is 2.28 bits per heavy atom. The fourth-order valence-corrected chi connectivity index (χ4v) is 0.865. The van der Waals surface area contributed by atoms with Gasteiger partial charge in [-0.3, -0.25) is 0 Å². The Hall–Kier alpha value is -2.15. The van der Waals surface area contributed by atoms with Crippen LogP contribution in [0.3, 0.4) is 0 Å². The Morgan fingerprint density at radius 1 is 1.39 bits per heavy atom. The topological polar surface area (TPSA) is 89.0 Å². The number of nitrogens with zero attached hydrogens (tertiary/aromatic N) is 2. The number of carbonyl (C=O) groups is 2. The van der Waals surface area contributed by atoms with Gasteiger partial charge in [-0.15, -0.1) is 0 Å². The van der Waals surface area contributed by atoms with Crippen molar-refractivity contribution in [1.82, 2.24) is 0 Å². The maximum absolute atomic E-state index is 12.6. The highest BCUT2D eigenvalue weighted by atomic mass is 19.4. The van der Waals surface area contributed by atoms with E-state index >= 15 is 0 Å². The minimum Gasteiger partial charge on any atom is -0.466 e. The van der Waals surface area contributed by atoms with E-state index in [1.54, 1.807) is 0 Å². The molecule has 0 saturated heterocycles. The summed E-state index contributed by atoms with van der Waals surface area (Å²) in [6.07, 6.45) is -5.09. The normalized spacial score (nSPS) is 11.5. The van der Waals surface area contributed by atoms with Crippen LogP contribution in [-0.2, 0) is 19.1 Å². The highest BCUT2D eigenvalue weighted by Gasteiger charge is 2.46. The molecule has 0 heterocycles. The van der Waals surface area contributed by atoms with E-state index in [9.17, 15) is 22.8 Å². The Morgan fingerprint density at radius 2 is 1.94 bits per heavy atom. The lowest BCUT2D eigenvalue weighted by Crippen LogP contribution is -2.30. The van der Waals surface area contributed by atoms with Crippen molar-refractivity contribution >= 4 is 17.7 Å². The van der Waals surface area contributed by atoms with Gasteiger partial charge in [0.05, 0.1) is 13.7 Å². The van der Waals surface area contributed by atoms with Crippen molar-refractivity contribution in [2.24, 2.45) is 0 Å². The second-order valence-corrected chi connectivity index (χ2v) is 2.75. The van der Waals surface area contributed by atoms with Crippen molar-refractivity contribution in [2.75, 3.05) is 13.7 Å². The van der Waals surface area contributed by atoms with Crippen LogP contribution in [0.15, 0.2) is 11.6 Å². The van der Waals surface area contributed by atoms with Crippen LogP contribution in [0.4, 0.5) is 13.2 Å². The summed E-state index contributed by atoms with van der Waals surface area (Å²) in [5.41, 5.74) is 5.26. The number of hydrogen-bond donors (Lipinski definition) is 0. The maximum atomic E-state index is 12.6. The summed E-state index contributed by atoms with van der Waals surface area (Å²) in [6.45, 7) is 1.13. The number of carbonyl (C=O) groups excluding carboxylic acids is 2. The third-order valence-corrected chi connectivity index (χ3v) is 1.59. The molecule has 9 heteroatoms. The summed E-state index contributed by atoms with van der Waals surface area (Å²) < 4.78 is 46.0. The van der Waals surface area contributed by atoms with Crippen molar-refractivity contribution in [3.63, 3.8) is 0 Å². The number of hydrogen-bond acceptors (Lipinski definition) is 4. The van der Waals surface area contributed by atoms with Crippen LogP contribution in [0.5, 0.6) is 0 Å². The first-order valence-corrected chi connectivity index (χ1v) is 4.54. The molecule has 0 aromatic heterocycles. The number of rotatable bonds is 4. The molecule has 0 amide bonds. The summed E-state index contributed by atoms with van der Waals surface area (Å²) >= 11 is 0. The zero-order valence-electron chi connectivity index (χ0n) is 9.45. The minimum atomic E-state index is -5.08. The standard InChI is InChI=1S/C9H9F3N2O4/c1-3-18-8(16)7(14-13)5(9(10,11)12)4-6(15)17-2/h4H,3H2,1-2H3. The summed E-state index contributed by atoms with van der Waals surface area (Å²) in [5.74, 6) is -2.86. The van der Waals surface area contributed by atoms with Crippen molar-refractivity contribution in [2.45, 2.75) is 13.1 Å². The molecule has 18 heavy (non-hydrogen) atoms. The molecule has 0 N–H and O–H groups in total. The Kier molecular flexibility index (Phi) is 5.77. The molecule has 6 nitrogen and oxygen atoms in total. The average molecular weight is 266 g/mol. The fraction of sp³-hybridized carbons (Fsp3) is 0.444. The summed E-state index contributed by atoms with van der Waals surface area (Å²) in [5, 5.41) is 0. The highest BCUT2D eigenvalue weighted by molar-refractivity contribution is 6.41. The molecule has 0 atom stereocenters. The molecular formula is C9H9F3N2O4. The van der Waals surface area contributed by atoms with E-state index in [2.05, 4.69) is 14.3 Å². The van der Waals surface area contributed by atoms with Gasteiger partial charge in [-0.1, -0.05) is 0 Å². The molecular weight excluding hydrogens is 257 g/mol. The fourth-order valence-electron chi connectivity index (χ4n) is 0.865. The van der Waals surface area contributed by atoms with Crippen LogP contribution in [0.1, 0.15) is 6.92 Å². The quantitative estimate of drug-likeness (QED) is 0.248. The molecule has 0 saturated carbocycles. The van der Waals surface area contributed by atoms with Crippen LogP contribution in [0.25, 0.3) is 5.53 Å². The maximum Gasteiger partial charge on any atom is 0.424 e. The van der Waals surface area contributed by atoms with Crippen LogP contribution in [0.2, 0.25) is 0 Å². The number of halogens is 3. The van der Waals surface area contributed by atoms with Gasteiger partial charge in [0.2, 0.25) is 0 Å². The van der Waals surface area contributed by atoms with Crippen molar-refractivity contribution < 1.29 is 37.0 Å². The average Bonchev–Trinajstić information content (AvgIpc) is 2.27. The molecule has 0 bridgehead atoms. The minimum absolute atomic E-state index is 0.00796. The van der Waals surface area contributed by atoms with Crippen molar-refractivity contribution in [1.29, 1.82) is 0 Å². The van der Waals surface area contributed by atoms with E-state index in [-0.39, 0.29) is 12.7 Å². The third kappa shape index (κ3) is 4.38. The first-order chi connectivity index (χ1) is 8.27. The monoisotopic (exact) mass is 266 g/mol. The van der Waals surface area contributed by atoms with Crippen LogP contribution < -0.4 is 0 Å². The Labute approximate surface area is 99.6 Å². The second kappa shape index (κ2) is 6.55. The van der Waals surface area contributed by atoms with Gasteiger partial charge in [0, 0.05) is 6.08 Å². The molecule has 100 valence electrons. The van der Waals surface area contributed by atoms with Gasteiger partial charge in [0.1, 0.15) is 0 Å². The van der Waals surface area contributed by atoms with Crippen LogP contribution in [-0.4, -0.2) is 42.3 Å². The second-order valence-electron chi connectivity index (χ2n) is 2.75. The Balaban J connectivity index is 5.59. The first-order valence-electron chi connectivity index (χ1n) is 4.54. The predicted molar refractivity (Wildman–Crippen MR) is 51.4 cm³/mol. The van der Waals surface area contributed by atoms with E-state index in [0.29, 0.717) is 0 Å². The molecule has 0 aromatic rings. The lowest BCUT2D eigenvalue weighted by Gasteiger charge is -2.06. The van der Waals surface area contributed by atoms with E-state index in [1.807, 2.05) is 0 Å². The lowest BCUT2D eigenvalue weighted by atomic mass is 10.1. The number of esters is 2. The molecule has 0 rings (SSSR count). The number of alkyl halides is 3. The predicted octanol–water partition coefficient (Wildman–Crippen LogP) is 0.882. The zero-order chi connectivity index (χ0) is 14.3. The molecule has 0 fully saturated rings. The molecule has 0 radical (unpaired) electrons. The van der Waals surface area contributed by atoms with Gasteiger partial charge in [-0.25, -0.2) is 9.59 Å². The Bertz CT molecular complexity index is 422. The van der Waals surface area contributed by atoms with Crippen molar-refractivity contribution in [3.8, 4) is 0 Å².